The molecule has 16 heavy (non-hydrogen) atoms. The fourth-order valence-electron chi connectivity index (χ4n) is 0.777. The van der Waals surface area contributed by atoms with E-state index in [-0.39, 0.29) is 12.5 Å². The van der Waals surface area contributed by atoms with Gasteiger partial charge in [-0.25, -0.2) is 4.39 Å². The molecular weight excluding hydrogens is 306 g/mol. The van der Waals surface area contributed by atoms with Gasteiger partial charge in [0.1, 0.15) is 0 Å². The minimum Gasteiger partial charge on any atom is -0.236 e. The largest absolute Gasteiger partial charge is 0.455 e. The van der Waals surface area contributed by atoms with Gasteiger partial charge < -0.3 is 0 Å². The Morgan fingerprint density at radius 2 is 1.81 bits per heavy atom. The van der Waals surface area contributed by atoms with Crippen LogP contribution in [0.5, 0.6) is 0 Å². The zero-order valence-electron chi connectivity index (χ0n) is 7.91. The van der Waals surface area contributed by atoms with Crippen LogP contribution in [-0.4, -0.2) is 23.5 Å². The van der Waals surface area contributed by atoms with E-state index in [4.69, 9.17) is 0 Å². The quantitative estimate of drug-likeness (QED) is 0.309. The Kier molecular flexibility index (Phi) is 6.39. The molecule has 0 aromatic heterocycles. The fraction of sp³-hybridized carbons (Fsp3) is 0.750. The molecule has 1 nitrogen and oxygen atoms in total. The maximum Gasteiger partial charge on any atom is 0.455 e. The van der Waals surface area contributed by atoms with Gasteiger partial charge in [0.2, 0.25) is 0 Å². The van der Waals surface area contributed by atoms with Crippen molar-refractivity contribution in [1.82, 2.24) is 0 Å². The van der Waals surface area contributed by atoms with Crippen LogP contribution in [0.2, 0.25) is 0 Å². The maximum absolute atomic E-state index is 12.8. The molecule has 0 N–H and O–H groups in total. The molecule has 0 saturated carbocycles. The highest BCUT2D eigenvalue weighted by Crippen LogP contribution is 2.40. The summed E-state index contributed by atoms with van der Waals surface area (Å²) in [6, 6.07) is 0. The third kappa shape index (κ3) is 3.97. The molecule has 0 radical (unpaired) electrons. The Labute approximate surface area is 96.5 Å². The van der Waals surface area contributed by atoms with E-state index in [2.05, 4.69) is 20.9 Å². The minimum atomic E-state index is -5.78. The summed E-state index contributed by atoms with van der Waals surface area (Å²) in [5.74, 6) is -4.95. The van der Waals surface area contributed by atoms with Crippen LogP contribution in [-0.2, 0) is 4.94 Å². The molecule has 0 rings (SSSR count). The van der Waals surface area contributed by atoms with Gasteiger partial charge in [0, 0.05) is 5.33 Å². The van der Waals surface area contributed by atoms with Gasteiger partial charge in [0.15, 0.2) is 6.17 Å². The molecule has 0 heterocycles. The van der Waals surface area contributed by atoms with Gasteiger partial charge in [-0.2, -0.15) is 17.6 Å². The normalized spacial score (nSPS) is 18.7. The first-order chi connectivity index (χ1) is 7.29. The standard InChI is InChI=1S/C8H9BrF6O/c9-5-3-1-2-4-6(10)7(11,16-15)8(12,13)14/h2,4,6H,1,3,5H2/b4-2+. The predicted octanol–water partition coefficient (Wildman–Crippen LogP) is 4.19. The number of rotatable bonds is 6. The van der Waals surface area contributed by atoms with Crippen LogP contribution in [0.1, 0.15) is 12.8 Å². The summed E-state index contributed by atoms with van der Waals surface area (Å²) in [5.41, 5.74) is 0. The molecule has 2 atom stereocenters. The van der Waals surface area contributed by atoms with Crippen molar-refractivity contribution in [2.45, 2.75) is 31.0 Å². The highest BCUT2D eigenvalue weighted by atomic mass is 79.9. The van der Waals surface area contributed by atoms with E-state index < -0.39 is 18.2 Å². The van der Waals surface area contributed by atoms with E-state index in [9.17, 15) is 26.5 Å². The molecule has 0 amide bonds. The molecule has 0 aliphatic heterocycles. The van der Waals surface area contributed by atoms with E-state index >= 15 is 0 Å². The molecule has 0 aromatic rings. The second kappa shape index (κ2) is 6.48. The molecule has 0 aliphatic rings. The van der Waals surface area contributed by atoms with E-state index in [0.717, 1.165) is 6.08 Å². The smallest absolute Gasteiger partial charge is 0.236 e. The second-order valence-electron chi connectivity index (χ2n) is 2.88. The third-order valence-corrected chi connectivity index (χ3v) is 2.22. The lowest BCUT2D eigenvalue weighted by Crippen LogP contribution is -2.49. The fourth-order valence-corrected chi connectivity index (χ4v) is 1.10. The van der Waals surface area contributed by atoms with Crippen molar-refractivity contribution in [3.8, 4) is 0 Å². The molecule has 0 fully saturated rings. The minimum absolute atomic E-state index is 0.242. The van der Waals surface area contributed by atoms with Crippen LogP contribution in [0, 0.1) is 0 Å². The zero-order valence-corrected chi connectivity index (χ0v) is 9.49. The van der Waals surface area contributed by atoms with Crippen LogP contribution in [0.25, 0.3) is 0 Å². The maximum atomic E-state index is 12.8. The van der Waals surface area contributed by atoms with Crippen LogP contribution < -0.4 is 0 Å². The molecule has 8 heteroatoms. The average Bonchev–Trinajstić information content (AvgIpc) is 2.21. The van der Waals surface area contributed by atoms with Crippen molar-refractivity contribution in [3.05, 3.63) is 12.2 Å². The molecule has 96 valence electrons. The van der Waals surface area contributed by atoms with Gasteiger partial charge in [-0.15, -0.1) is 4.94 Å². The van der Waals surface area contributed by atoms with Crippen molar-refractivity contribution >= 4 is 15.9 Å². The highest BCUT2D eigenvalue weighted by molar-refractivity contribution is 9.09. The summed E-state index contributed by atoms with van der Waals surface area (Å²) >= 11 is 3.04. The Morgan fingerprint density at radius 3 is 2.19 bits per heavy atom. The third-order valence-electron chi connectivity index (χ3n) is 1.66. The van der Waals surface area contributed by atoms with Gasteiger partial charge in [0.25, 0.3) is 0 Å². The van der Waals surface area contributed by atoms with Crippen LogP contribution in [0.3, 0.4) is 0 Å². The molecule has 0 aliphatic carbocycles. The van der Waals surface area contributed by atoms with E-state index in [1.54, 1.807) is 0 Å². The van der Waals surface area contributed by atoms with E-state index in [1.165, 1.54) is 0 Å². The SMILES string of the molecule is FOC(F)(C(F)/C=C/CCCBr)C(F)(F)F. The Hall–Kier alpha value is -0.240. The van der Waals surface area contributed by atoms with Crippen molar-refractivity contribution in [2.24, 2.45) is 0 Å². The number of hydrogen-bond donors (Lipinski definition) is 0. The van der Waals surface area contributed by atoms with Gasteiger partial charge in [-0.1, -0.05) is 22.0 Å². The van der Waals surface area contributed by atoms with Crippen LogP contribution in [0.15, 0.2) is 12.2 Å². The number of allylic oxidation sites excluding steroid dienone is 1. The van der Waals surface area contributed by atoms with Crippen molar-refractivity contribution < 1.29 is 31.4 Å². The van der Waals surface area contributed by atoms with Crippen molar-refractivity contribution in [2.75, 3.05) is 5.33 Å². The monoisotopic (exact) mass is 314 g/mol. The average molecular weight is 315 g/mol. The Morgan fingerprint density at radius 1 is 1.25 bits per heavy atom. The summed E-state index contributed by atoms with van der Waals surface area (Å²) in [6.07, 6.45) is -6.97. The van der Waals surface area contributed by atoms with Gasteiger partial charge in [-0.3, -0.25) is 0 Å². The zero-order chi connectivity index (χ0) is 12.8. The van der Waals surface area contributed by atoms with Gasteiger partial charge >= 0.3 is 12.0 Å². The van der Waals surface area contributed by atoms with Crippen LogP contribution in [0.4, 0.5) is 26.5 Å². The summed E-state index contributed by atoms with van der Waals surface area (Å²) < 4.78 is 72.8. The number of hydrogen-bond acceptors (Lipinski definition) is 1. The first kappa shape index (κ1) is 15.8. The first-order valence-electron chi connectivity index (χ1n) is 4.21. The highest BCUT2D eigenvalue weighted by Gasteiger charge is 2.64. The van der Waals surface area contributed by atoms with Crippen molar-refractivity contribution in [1.29, 1.82) is 0 Å². The molecule has 0 saturated heterocycles. The first-order valence-corrected chi connectivity index (χ1v) is 5.33. The molecular formula is C8H9BrF6O. The molecule has 0 spiro atoms. The number of alkyl halides is 6. The Bertz CT molecular complexity index is 231. The number of halogens is 7. The lowest BCUT2D eigenvalue weighted by atomic mass is 10.1. The predicted molar refractivity (Wildman–Crippen MR) is 49.2 cm³/mol. The molecule has 0 bridgehead atoms. The number of unbranched alkanes of at least 4 members (excludes halogenated alkanes) is 1. The molecule has 2 unspecified atom stereocenters. The van der Waals surface area contributed by atoms with Gasteiger partial charge in [0.05, 0.1) is 0 Å². The summed E-state index contributed by atoms with van der Waals surface area (Å²) in [7, 11) is 0. The van der Waals surface area contributed by atoms with E-state index in [0.29, 0.717) is 11.8 Å². The topological polar surface area (TPSA) is 9.23 Å². The summed E-state index contributed by atoms with van der Waals surface area (Å²) in [4.78, 5) is 2.09. The van der Waals surface area contributed by atoms with Gasteiger partial charge in [-0.05, 0) is 23.4 Å². The van der Waals surface area contributed by atoms with Crippen molar-refractivity contribution in [3.63, 3.8) is 0 Å². The summed E-state index contributed by atoms with van der Waals surface area (Å²) in [6.45, 7) is 0. The lowest BCUT2D eigenvalue weighted by Gasteiger charge is -2.24. The van der Waals surface area contributed by atoms with Crippen LogP contribution >= 0.6 is 15.9 Å². The lowest BCUT2D eigenvalue weighted by molar-refractivity contribution is -0.413. The molecule has 0 aromatic carbocycles. The van der Waals surface area contributed by atoms with E-state index in [1.807, 2.05) is 0 Å². The Balaban J connectivity index is 4.54. The summed E-state index contributed by atoms with van der Waals surface area (Å²) in [5, 5.41) is 0.563. The second-order valence-corrected chi connectivity index (χ2v) is 3.67.